The van der Waals surface area contributed by atoms with E-state index in [2.05, 4.69) is 26.1 Å². The second-order valence-corrected chi connectivity index (χ2v) is 6.44. The largest absolute Gasteiger partial charge is 0.316 e. The molecule has 2 nitrogen and oxygen atoms in total. The van der Waals surface area contributed by atoms with Gasteiger partial charge in [-0.25, -0.2) is 4.39 Å². The molecule has 2 aliphatic heterocycles. The Labute approximate surface area is 116 Å². The van der Waals surface area contributed by atoms with Crippen LogP contribution in [-0.4, -0.2) is 31.1 Å². The molecule has 0 amide bonds. The molecule has 0 radical (unpaired) electrons. The predicted molar refractivity (Wildman–Crippen MR) is 73.9 cm³/mol. The molecular weight excluding hydrogens is 295 g/mol. The van der Waals surface area contributed by atoms with Gasteiger partial charge in [-0.2, -0.15) is 0 Å². The minimum atomic E-state index is -0.102. The van der Waals surface area contributed by atoms with Crippen LogP contribution in [-0.2, 0) is 6.54 Å². The van der Waals surface area contributed by atoms with Crippen molar-refractivity contribution in [2.75, 3.05) is 26.2 Å². The maximum absolute atomic E-state index is 13.8. The maximum Gasteiger partial charge on any atom is 0.128 e. The van der Waals surface area contributed by atoms with Gasteiger partial charge in [-0.15, -0.1) is 0 Å². The van der Waals surface area contributed by atoms with Gasteiger partial charge in [0.1, 0.15) is 5.82 Å². The quantitative estimate of drug-likeness (QED) is 0.903. The van der Waals surface area contributed by atoms with Gasteiger partial charge < -0.3 is 5.32 Å². The van der Waals surface area contributed by atoms with Gasteiger partial charge in [0.25, 0.3) is 0 Å². The summed E-state index contributed by atoms with van der Waals surface area (Å²) in [6, 6.07) is 5.21. The van der Waals surface area contributed by atoms with Gasteiger partial charge in [0.05, 0.1) is 0 Å². The molecule has 98 valence electrons. The Morgan fingerprint density at radius 2 is 2.28 bits per heavy atom. The molecule has 1 aromatic carbocycles. The fourth-order valence-corrected chi connectivity index (χ4v) is 3.68. The van der Waals surface area contributed by atoms with Crippen LogP contribution in [0.5, 0.6) is 0 Å². The van der Waals surface area contributed by atoms with Crippen molar-refractivity contribution in [2.45, 2.75) is 19.4 Å². The summed E-state index contributed by atoms with van der Waals surface area (Å²) in [7, 11) is 0. The van der Waals surface area contributed by atoms with Crippen molar-refractivity contribution in [3.05, 3.63) is 34.1 Å². The van der Waals surface area contributed by atoms with E-state index >= 15 is 0 Å². The van der Waals surface area contributed by atoms with Gasteiger partial charge in [0.15, 0.2) is 0 Å². The van der Waals surface area contributed by atoms with E-state index in [0.29, 0.717) is 5.41 Å². The minimum absolute atomic E-state index is 0.102. The van der Waals surface area contributed by atoms with Gasteiger partial charge in [0, 0.05) is 29.7 Å². The van der Waals surface area contributed by atoms with Crippen LogP contribution in [0.3, 0.4) is 0 Å². The number of rotatable bonds is 2. The summed E-state index contributed by atoms with van der Waals surface area (Å²) in [6.45, 7) is 5.16. The van der Waals surface area contributed by atoms with Crippen LogP contribution in [0.2, 0.25) is 0 Å². The fraction of sp³-hybridized carbons (Fsp3) is 0.571. The zero-order valence-electron chi connectivity index (χ0n) is 10.4. The monoisotopic (exact) mass is 312 g/mol. The average Bonchev–Trinajstić information content (AvgIpc) is 2.96. The van der Waals surface area contributed by atoms with E-state index in [1.165, 1.54) is 12.8 Å². The van der Waals surface area contributed by atoms with Gasteiger partial charge in [-0.3, -0.25) is 4.90 Å². The van der Waals surface area contributed by atoms with Crippen LogP contribution >= 0.6 is 15.9 Å². The highest BCUT2D eigenvalue weighted by Gasteiger charge is 2.40. The van der Waals surface area contributed by atoms with Gasteiger partial charge in [0.2, 0.25) is 0 Å². The summed E-state index contributed by atoms with van der Waals surface area (Å²) >= 11 is 3.45. The molecule has 3 rings (SSSR count). The number of halogens is 2. The van der Waals surface area contributed by atoms with E-state index in [1.54, 1.807) is 12.1 Å². The Morgan fingerprint density at radius 3 is 3.00 bits per heavy atom. The topological polar surface area (TPSA) is 15.3 Å². The summed E-state index contributed by atoms with van der Waals surface area (Å²) in [5, 5.41) is 3.45. The van der Waals surface area contributed by atoms with Gasteiger partial charge in [-0.1, -0.05) is 22.0 Å². The maximum atomic E-state index is 13.8. The van der Waals surface area contributed by atoms with Crippen LogP contribution in [0.15, 0.2) is 22.7 Å². The molecule has 1 N–H and O–H groups in total. The normalized spacial score (nSPS) is 28.3. The van der Waals surface area contributed by atoms with Gasteiger partial charge in [-0.05, 0) is 43.5 Å². The lowest BCUT2D eigenvalue weighted by atomic mass is 9.86. The first-order valence-electron chi connectivity index (χ1n) is 6.55. The first kappa shape index (κ1) is 12.6. The molecule has 18 heavy (non-hydrogen) atoms. The van der Waals surface area contributed by atoms with Crippen LogP contribution in [0, 0.1) is 11.2 Å². The molecule has 2 aliphatic rings. The molecule has 1 unspecified atom stereocenters. The van der Waals surface area contributed by atoms with Crippen molar-refractivity contribution in [3.8, 4) is 0 Å². The van der Waals surface area contributed by atoms with Gasteiger partial charge >= 0.3 is 0 Å². The Morgan fingerprint density at radius 1 is 1.39 bits per heavy atom. The van der Waals surface area contributed by atoms with Crippen molar-refractivity contribution in [3.63, 3.8) is 0 Å². The van der Waals surface area contributed by atoms with Crippen molar-refractivity contribution < 1.29 is 4.39 Å². The average molecular weight is 313 g/mol. The third-order valence-electron chi connectivity index (χ3n) is 4.29. The number of benzene rings is 1. The van der Waals surface area contributed by atoms with Crippen molar-refractivity contribution in [2.24, 2.45) is 5.41 Å². The smallest absolute Gasteiger partial charge is 0.128 e. The third-order valence-corrected chi connectivity index (χ3v) is 5.04. The predicted octanol–water partition coefficient (Wildman–Crippen LogP) is 2.77. The fourth-order valence-electron chi connectivity index (χ4n) is 3.21. The molecule has 2 heterocycles. The number of hydrogen-bond acceptors (Lipinski definition) is 2. The van der Waals surface area contributed by atoms with Crippen molar-refractivity contribution >= 4 is 15.9 Å². The van der Waals surface area contributed by atoms with Crippen molar-refractivity contribution in [1.29, 1.82) is 0 Å². The highest BCUT2D eigenvalue weighted by Crippen LogP contribution is 2.37. The molecule has 2 fully saturated rings. The molecule has 0 saturated carbocycles. The number of likely N-dealkylation sites (tertiary alicyclic amines) is 1. The first-order chi connectivity index (χ1) is 8.69. The SMILES string of the molecule is Fc1cccc(Br)c1CN1CCC2(CCNC2)C1. The van der Waals surface area contributed by atoms with E-state index in [4.69, 9.17) is 0 Å². The number of nitrogens with one attached hydrogen (secondary N) is 1. The Bertz CT molecular complexity index is 423. The highest BCUT2D eigenvalue weighted by atomic mass is 79.9. The Hall–Kier alpha value is -0.450. The first-order valence-corrected chi connectivity index (χ1v) is 7.34. The summed E-state index contributed by atoms with van der Waals surface area (Å²) < 4.78 is 14.7. The van der Waals surface area contributed by atoms with E-state index in [0.717, 1.165) is 42.8 Å². The standard InChI is InChI=1S/C14H18BrFN2/c15-12-2-1-3-13(16)11(12)8-18-7-5-14(10-18)4-6-17-9-14/h1-3,17H,4-10H2. The van der Waals surface area contributed by atoms with Crippen molar-refractivity contribution in [1.82, 2.24) is 10.2 Å². The second-order valence-electron chi connectivity index (χ2n) is 5.59. The molecule has 1 aromatic rings. The van der Waals surface area contributed by atoms with E-state index < -0.39 is 0 Å². The molecule has 0 bridgehead atoms. The lowest BCUT2D eigenvalue weighted by Crippen LogP contribution is -2.29. The van der Waals surface area contributed by atoms with Crippen LogP contribution in [0.4, 0.5) is 4.39 Å². The summed E-state index contributed by atoms with van der Waals surface area (Å²) in [4.78, 5) is 2.39. The number of hydrogen-bond donors (Lipinski definition) is 1. The molecule has 1 atom stereocenters. The third kappa shape index (κ3) is 2.33. The van der Waals surface area contributed by atoms with Crippen LogP contribution < -0.4 is 5.32 Å². The Kier molecular flexibility index (Phi) is 3.43. The zero-order valence-corrected chi connectivity index (χ0v) is 12.0. The van der Waals surface area contributed by atoms with E-state index in [1.807, 2.05) is 6.07 Å². The summed E-state index contributed by atoms with van der Waals surface area (Å²) in [5.41, 5.74) is 1.25. The lowest BCUT2D eigenvalue weighted by Gasteiger charge is -2.23. The van der Waals surface area contributed by atoms with E-state index in [-0.39, 0.29) is 5.82 Å². The lowest BCUT2D eigenvalue weighted by molar-refractivity contribution is 0.265. The second kappa shape index (κ2) is 4.91. The van der Waals surface area contributed by atoms with E-state index in [9.17, 15) is 4.39 Å². The van der Waals surface area contributed by atoms with Crippen LogP contribution in [0.1, 0.15) is 18.4 Å². The Balaban J connectivity index is 1.71. The molecule has 1 spiro atoms. The molecule has 4 heteroatoms. The summed E-state index contributed by atoms with van der Waals surface area (Å²) in [5.74, 6) is -0.102. The molecular formula is C14H18BrFN2. The summed E-state index contributed by atoms with van der Waals surface area (Å²) in [6.07, 6.45) is 2.51. The molecule has 0 aliphatic carbocycles. The highest BCUT2D eigenvalue weighted by molar-refractivity contribution is 9.10. The molecule has 0 aromatic heterocycles. The molecule has 2 saturated heterocycles. The minimum Gasteiger partial charge on any atom is -0.316 e. The van der Waals surface area contributed by atoms with Crippen LogP contribution in [0.25, 0.3) is 0 Å². The zero-order chi connectivity index (χ0) is 12.6. The number of nitrogens with zero attached hydrogens (tertiary/aromatic N) is 1.